The molecule has 0 spiro atoms. The van der Waals surface area contributed by atoms with Crippen LogP contribution in [0.15, 0.2) is 42.5 Å². The fourth-order valence-corrected chi connectivity index (χ4v) is 3.37. The van der Waals surface area contributed by atoms with Crippen molar-refractivity contribution in [1.29, 1.82) is 0 Å². The molecule has 2 amide bonds. The summed E-state index contributed by atoms with van der Waals surface area (Å²) >= 11 is 0. The van der Waals surface area contributed by atoms with Gasteiger partial charge >= 0.3 is 0 Å². The van der Waals surface area contributed by atoms with Crippen LogP contribution in [0.5, 0.6) is 11.5 Å². The molecule has 2 aromatic rings. The largest absolute Gasteiger partial charge is 0.497 e. The summed E-state index contributed by atoms with van der Waals surface area (Å²) in [4.78, 5) is 27.7. The number of hydrogen-bond acceptors (Lipinski definition) is 4. The predicted octanol–water partition coefficient (Wildman–Crippen LogP) is 4.80. The van der Waals surface area contributed by atoms with Crippen LogP contribution in [0.25, 0.3) is 0 Å². The molecule has 1 aliphatic heterocycles. The van der Waals surface area contributed by atoms with E-state index in [9.17, 15) is 9.59 Å². The molecular formula is C23H27NO4. The topological polar surface area (TPSA) is 55.8 Å². The second-order valence-corrected chi connectivity index (χ2v) is 7.49. The van der Waals surface area contributed by atoms with E-state index in [0.717, 1.165) is 12.0 Å². The second-order valence-electron chi connectivity index (χ2n) is 7.49. The highest BCUT2D eigenvalue weighted by Gasteiger charge is 2.41. The minimum absolute atomic E-state index is 0.0585. The molecule has 2 unspecified atom stereocenters. The third kappa shape index (κ3) is 3.49. The van der Waals surface area contributed by atoms with Gasteiger partial charge in [-0.3, -0.25) is 9.59 Å². The van der Waals surface area contributed by atoms with Crippen molar-refractivity contribution in [3.8, 4) is 11.5 Å². The monoisotopic (exact) mass is 381 g/mol. The first kappa shape index (κ1) is 19.9. The molecule has 0 aromatic heterocycles. The van der Waals surface area contributed by atoms with Crippen molar-refractivity contribution < 1.29 is 19.1 Å². The van der Waals surface area contributed by atoms with Gasteiger partial charge < -0.3 is 9.47 Å². The highest BCUT2D eigenvalue weighted by molar-refractivity contribution is 6.23. The van der Waals surface area contributed by atoms with Crippen molar-refractivity contribution in [2.24, 2.45) is 5.92 Å². The lowest BCUT2D eigenvalue weighted by atomic mass is 9.94. The van der Waals surface area contributed by atoms with E-state index in [1.807, 2.05) is 26.0 Å². The second kappa shape index (κ2) is 8.05. The van der Waals surface area contributed by atoms with Gasteiger partial charge in [0.2, 0.25) is 0 Å². The molecular weight excluding hydrogens is 354 g/mol. The lowest BCUT2D eigenvalue weighted by Crippen LogP contribution is -2.51. The van der Waals surface area contributed by atoms with Crippen LogP contribution in [0.1, 0.15) is 56.0 Å². The number of ether oxygens (including phenoxy) is 2. The minimum Gasteiger partial charge on any atom is -0.497 e. The zero-order valence-corrected chi connectivity index (χ0v) is 17.1. The predicted molar refractivity (Wildman–Crippen MR) is 109 cm³/mol. The summed E-state index contributed by atoms with van der Waals surface area (Å²) in [7, 11) is 1.57. The fraction of sp³-hybridized carbons (Fsp3) is 0.391. The Bertz CT molecular complexity index is 873. The Morgan fingerprint density at radius 1 is 1.14 bits per heavy atom. The number of anilines is 1. The van der Waals surface area contributed by atoms with Gasteiger partial charge in [0.15, 0.2) is 6.10 Å². The number of imide groups is 1. The molecule has 3 rings (SSSR count). The number of benzene rings is 2. The van der Waals surface area contributed by atoms with Gasteiger partial charge in [-0.1, -0.05) is 39.8 Å². The minimum atomic E-state index is -0.695. The number of para-hydroxylation sites is 1. The number of carbonyl (C=O) groups excluding carboxylic acids is 2. The summed E-state index contributed by atoms with van der Waals surface area (Å²) in [5.74, 6) is 0.806. The van der Waals surface area contributed by atoms with Gasteiger partial charge in [0.25, 0.3) is 11.8 Å². The zero-order valence-electron chi connectivity index (χ0n) is 17.1. The van der Waals surface area contributed by atoms with Crippen LogP contribution in [-0.4, -0.2) is 25.0 Å². The van der Waals surface area contributed by atoms with Crippen molar-refractivity contribution in [1.82, 2.24) is 0 Å². The summed E-state index contributed by atoms with van der Waals surface area (Å²) in [6.07, 6.45) is 0.243. The molecule has 1 heterocycles. The average Bonchev–Trinajstić information content (AvgIpc) is 2.71. The Balaban J connectivity index is 2.11. The number of amides is 2. The van der Waals surface area contributed by atoms with E-state index < -0.39 is 6.10 Å². The van der Waals surface area contributed by atoms with Crippen molar-refractivity contribution >= 4 is 17.5 Å². The molecule has 0 bridgehead atoms. The Hall–Kier alpha value is -2.82. The summed E-state index contributed by atoms with van der Waals surface area (Å²) < 4.78 is 11.3. The highest BCUT2D eigenvalue weighted by atomic mass is 16.5. The average molecular weight is 381 g/mol. The van der Waals surface area contributed by atoms with E-state index in [1.165, 1.54) is 4.90 Å². The number of hydrogen-bond donors (Lipinski definition) is 0. The molecule has 0 N–H and O–H groups in total. The number of fused-ring (bicyclic) bond motifs is 1. The van der Waals surface area contributed by atoms with Crippen molar-refractivity contribution in [2.75, 3.05) is 12.0 Å². The van der Waals surface area contributed by atoms with Crippen LogP contribution in [0.2, 0.25) is 0 Å². The van der Waals surface area contributed by atoms with E-state index in [2.05, 4.69) is 13.8 Å². The van der Waals surface area contributed by atoms with E-state index in [0.29, 0.717) is 22.7 Å². The van der Waals surface area contributed by atoms with E-state index in [-0.39, 0.29) is 23.7 Å². The standard InChI is InChI=1S/C23H27NO4/c1-6-15(4)18-8-7-9-19-21(18)28-20(14(2)3)23(26)24(19)22(25)16-10-12-17(27-5)13-11-16/h7-15,20H,6H2,1-5H3. The van der Waals surface area contributed by atoms with Crippen LogP contribution < -0.4 is 14.4 Å². The Kier molecular flexibility index (Phi) is 5.73. The summed E-state index contributed by atoms with van der Waals surface area (Å²) in [5.41, 5.74) is 1.96. The normalized spacial score (nSPS) is 17.1. The molecule has 0 saturated carbocycles. The number of nitrogens with zero attached hydrogens (tertiary/aromatic N) is 1. The summed E-state index contributed by atoms with van der Waals surface area (Å²) in [6, 6.07) is 12.4. The van der Waals surface area contributed by atoms with Crippen LogP contribution >= 0.6 is 0 Å². The molecule has 0 radical (unpaired) electrons. The van der Waals surface area contributed by atoms with Crippen molar-refractivity contribution in [2.45, 2.75) is 46.1 Å². The smallest absolute Gasteiger partial charge is 0.275 e. The van der Waals surface area contributed by atoms with Crippen molar-refractivity contribution in [3.05, 3.63) is 53.6 Å². The van der Waals surface area contributed by atoms with E-state index in [1.54, 1.807) is 37.4 Å². The van der Waals surface area contributed by atoms with E-state index in [4.69, 9.17) is 9.47 Å². The molecule has 148 valence electrons. The summed E-state index contributed by atoms with van der Waals surface area (Å²) in [6.45, 7) is 8.08. The van der Waals surface area contributed by atoms with E-state index >= 15 is 0 Å². The van der Waals surface area contributed by atoms with Gasteiger partial charge in [-0.2, -0.15) is 0 Å². The Labute approximate surface area is 166 Å². The Morgan fingerprint density at radius 2 is 1.82 bits per heavy atom. The molecule has 5 heteroatoms. The first-order valence-electron chi connectivity index (χ1n) is 9.70. The third-order valence-corrected chi connectivity index (χ3v) is 5.26. The Morgan fingerprint density at radius 3 is 2.39 bits per heavy atom. The molecule has 2 aromatic carbocycles. The zero-order chi connectivity index (χ0) is 20.4. The van der Waals surface area contributed by atoms with Gasteiger partial charge in [-0.15, -0.1) is 0 Å². The maximum atomic E-state index is 13.3. The molecule has 0 fully saturated rings. The SMILES string of the molecule is CCC(C)c1cccc2c1OC(C(C)C)C(=O)N2C(=O)c1ccc(OC)cc1. The lowest BCUT2D eigenvalue weighted by Gasteiger charge is -2.36. The van der Waals surface area contributed by atoms with Crippen LogP contribution in [0.4, 0.5) is 5.69 Å². The van der Waals surface area contributed by atoms with Gasteiger partial charge in [-0.05, 0) is 54.2 Å². The van der Waals surface area contributed by atoms with Crippen LogP contribution in [0, 0.1) is 5.92 Å². The molecule has 0 aliphatic carbocycles. The van der Waals surface area contributed by atoms with Gasteiger partial charge in [-0.25, -0.2) is 4.90 Å². The van der Waals surface area contributed by atoms with Gasteiger partial charge in [0.1, 0.15) is 11.5 Å². The molecule has 5 nitrogen and oxygen atoms in total. The fourth-order valence-electron chi connectivity index (χ4n) is 3.37. The molecule has 2 atom stereocenters. The maximum absolute atomic E-state index is 13.3. The van der Waals surface area contributed by atoms with Gasteiger partial charge in [0, 0.05) is 5.56 Å². The van der Waals surface area contributed by atoms with Crippen LogP contribution in [-0.2, 0) is 4.79 Å². The lowest BCUT2D eigenvalue weighted by molar-refractivity contribution is -0.127. The van der Waals surface area contributed by atoms with Crippen molar-refractivity contribution in [3.63, 3.8) is 0 Å². The quantitative estimate of drug-likeness (QED) is 0.698. The third-order valence-electron chi connectivity index (χ3n) is 5.26. The molecule has 0 saturated heterocycles. The van der Waals surface area contributed by atoms with Crippen LogP contribution in [0.3, 0.4) is 0 Å². The molecule has 28 heavy (non-hydrogen) atoms. The number of methoxy groups -OCH3 is 1. The first-order chi connectivity index (χ1) is 13.4. The van der Waals surface area contributed by atoms with Gasteiger partial charge in [0.05, 0.1) is 12.8 Å². The highest BCUT2D eigenvalue weighted by Crippen LogP contribution is 2.42. The number of carbonyl (C=O) groups is 2. The first-order valence-corrected chi connectivity index (χ1v) is 9.70. The maximum Gasteiger partial charge on any atom is 0.275 e. The summed E-state index contributed by atoms with van der Waals surface area (Å²) in [5, 5.41) is 0. The molecule has 1 aliphatic rings. The number of rotatable bonds is 5.